The zero-order chi connectivity index (χ0) is 13.7. The van der Waals surface area contributed by atoms with Crippen LogP contribution in [0.4, 0.5) is 5.69 Å². The van der Waals surface area contributed by atoms with Crippen molar-refractivity contribution in [1.82, 2.24) is 0 Å². The van der Waals surface area contributed by atoms with Gasteiger partial charge in [0.2, 0.25) is 0 Å². The molecule has 3 nitrogen and oxygen atoms in total. The molecule has 2 aromatic carbocycles. The van der Waals surface area contributed by atoms with E-state index in [1.165, 1.54) is 0 Å². The Morgan fingerprint density at radius 1 is 0.947 bits per heavy atom. The van der Waals surface area contributed by atoms with Gasteiger partial charge in [0.15, 0.2) is 0 Å². The van der Waals surface area contributed by atoms with Crippen molar-refractivity contribution >= 4 is 37.7 Å². The van der Waals surface area contributed by atoms with Crippen molar-refractivity contribution in [3.8, 4) is 0 Å². The number of rotatable bonds is 4. The van der Waals surface area contributed by atoms with Crippen LogP contribution in [0.15, 0.2) is 64.5 Å². The molecule has 5 heteroatoms. The summed E-state index contributed by atoms with van der Waals surface area (Å²) in [5, 5.41) is 1.15. The van der Waals surface area contributed by atoms with Crippen LogP contribution in [0.5, 0.6) is 0 Å². The van der Waals surface area contributed by atoms with Crippen LogP contribution in [0.2, 0.25) is 0 Å². The van der Waals surface area contributed by atoms with Crippen LogP contribution >= 0.6 is 15.9 Å². The molecule has 0 heterocycles. The van der Waals surface area contributed by atoms with Crippen molar-refractivity contribution in [2.75, 3.05) is 4.72 Å². The minimum atomic E-state index is -3.52. The van der Waals surface area contributed by atoms with Crippen molar-refractivity contribution < 1.29 is 8.42 Å². The number of nitrogens with one attached hydrogen (secondary N) is 1. The first-order valence-corrected chi connectivity index (χ1v) is 7.91. The van der Waals surface area contributed by atoms with Crippen molar-refractivity contribution in [2.24, 2.45) is 0 Å². The number of hydrogen-bond donors (Lipinski definition) is 1. The van der Waals surface area contributed by atoms with E-state index in [1.54, 1.807) is 24.3 Å². The minimum Gasteiger partial charge on any atom is -0.279 e. The van der Waals surface area contributed by atoms with E-state index >= 15 is 0 Å². The molecule has 0 bridgehead atoms. The van der Waals surface area contributed by atoms with Gasteiger partial charge in [-0.1, -0.05) is 42.5 Å². The van der Waals surface area contributed by atoms with E-state index in [-0.39, 0.29) is 0 Å². The monoisotopic (exact) mass is 337 g/mol. The summed E-state index contributed by atoms with van der Waals surface area (Å²) < 4.78 is 27.0. The topological polar surface area (TPSA) is 46.2 Å². The third-order valence-electron chi connectivity index (χ3n) is 2.37. The second kappa shape index (κ2) is 6.04. The van der Waals surface area contributed by atoms with Crippen LogP contribution < -0.4 is 4.72 Å². The molecule has 2 aromatic rings. The smallest absolute Gasteiger partial charge is 0.255 e. The van der Waals surface area contributed by atoms with Crippen molar-refractivity contribution in [3.05, 3.63) is 70.0 Å². The fraction of sp³-hybridized carbons (Fsp3) is 0. The number of sulfonamides is 1. The van der Waals surface area contributed by atoms with Gasteiger partial charge in [-0.25, -0.2) is 8.42 Å². The Morgan fingerprint density at radius 2 is 1.58 bits per heavy atom. The van der Waals surface area contributed by atoms with Gasteiger partial charge in [0.25, 0.3) is 10.0 Å². The Balaban J connectivity index is 2.16. The Kier molecular flexibility index (Phi) is 4.39. The first-order chi connectivity index (χ1) is 9.07. The maximum atomic E-state index is 11.9. The summed E-state index contributed by atoms with van der Waals surface area (Å²) in [5.41, 5.74) is 1.35. The predicted molar refractivity (Wildman–Crippen MR) is 82.2 cm³/mol. The molecular formula is C14H12BrNO2S. The average molecular weight is 338 g/mol. The highest BCUT2D eigenvalue weighted by atomic mass is 79.9. The minimum absolute atomic E-state index is 0.514. The van der Waals surface area contributed by atoms with Gasteiger partial charge in [-0.05, 0) is 39.7 Å². The molecule has 0 amide bonds. The van der Waals surface area contributed by atoms with Gasteiger partial charge in [-0.15, -0.1) is 0 Å². The molecule has 0 aliphatic rings. The summed E-state index contributed by atoms with van der Waals surface area (Å²) in [7, 11) is -3.52. The Morgan fingerprint density at radius 3 is 2.26 bits per heavy atom. The fourth-order valence-corrected chi connectivity index (χ4v) is 2.87. The molecule has 0 saturated heterocycles. The first kappa shape index (κ1) is 13.8. The summed E-state index contributed by atoms with van der Waals surface area (Å²) >= 11 is 3.29. The van der Waals surface area contributed by atoms with Crippen LogP contribution in [0.1, 0.15) is 5.56 Å². The molecule has 0 aliphatic heterocycles. The number of para-hydroxylation sites is 1. The van der Waals surface area contributed by atoms with Gasteiger partial charge >= 0.3 is 0 Å². The molecule has 0 radical (unpaired) electrons. The zero-order valence-electron chi connectivity index (χ0n) is 9.95. The highest BCUT2D eigenvalue weighted by Crippen LogP contribution is 2.22. The molecule has 0 aliphatic carbocycles. The van der Waals surface area contributed by atoms with Gasteiger partial charge < -0.3 is 0 Å². The Hall–Kier alpha value is -1.59. The Labute approximate surface area is 121 Å². The summed E-state index contributed by atoms with van der Waals surface area (Å²) in [6.45, 7) is 0. The van der Waals surface area contributed by atoms with Crippen molar-refractivity contribution in [2.45, 2.75) is 0 Å². The maximum Gasteiger partial charge on any atom is 0.255 e. The predicted octanol–water partition coefficient (Wildman–Crippen LogP) is 3.86. The second-order valence-corrected chi connectivity index (χ2v) is 6.26. The third-order valence-corrected chi connectivity index (χ3v) is 4.06. The van der Waals surface area contributed by atoms with E-state index in [1.807, 2.05) is 36.4 Å². The summed E-state index contributed by atoms with van der Waals surface area (Å²) in [5.74, 6) is 0. The molecule has 0 unspecified atom stereocenters. The molecule has 0 aromatic heterocycles. The molecule has 0 spiro atoms. The summed E-state index contributed by atoms with van der Waals surface area (Å²) in [6.07, 6.45) is 1.55. The third kappa shape index (κ3) is 4.22. The van der Waals surface area contributed by atoms with Gasteiger partial charge in [-0.3, -0.25) is 4.72 Å². The summed E-state index contributed by atoms with van der Waals surface area (Å²) in [4.78, 5) is 0. The number of halogens is 1. The van der Waals surface area contributed by atoms with E-state index in [4.69, 9.17) is 0 Å². The average Bonchev–Trinajstić information content (AvgIpc) is 2.40. The highest BCUT2D eigenvalue weighted by molar-refractivity contribution is 9.10. The molecule has 19 heavy (non-hydrogen) atoms. The largest absolute Gasteiger partial charge is 0.279 e. The standard InChI is InChI=1S/C14H12BrNO2S/c15-13-8-4-5-9-14(13)16-19(17,18)11-10-12-6-2-1-3-7-12/h1-11,16H. The van der Waals surface area contributed by atoms with Crippen LogP contribution in [-0.2, 0) is 10.0 Å². The van der Waals surface area contributed by atoms with E-state index in [0.717, 1.165) is 11.0 Å². The molecule has 0 atom stereocenters. The highest BCUT2D eigenvalue weighted by Gasteiger charge is 2.07. The summed E-state index contributed by atoms with van der Waals surface area (Å²) in [6, 6.07) is 16.3. The lowest BCUT2D eigenvalue weighted by Gasteiger charge is -2.06. The van der Waals surface area contributed by atoms with Crippen molar-refractivity contribution in [1.29, 1.82) is 0 Å². The van der Waals surface area contributed by atoms with Gasteiger partial charge in [0, 0.05) is 4.47 Å². The van der Waals surface area contributed by atoms with E-state index in [0.29, 0.717) is 10.2 Å². The molecule has 0 saturated carbocycles. The van der Waals surface area contributed by atoms with E-state index in [9.17, 15) is 8.42 Å². The van der Waals surface area contributed by atoms with Crippen LogP contribution in [0, 0.1) is 0 Å². The number of anilines is 1. The van der Waals surface area contributed by atoms with Gasteiger partial charge in [0.1, 0.15) is 0 Å². The second-order valence-electron chi connectivity index (χ2n) is 3.84. The Bertz CT molecular complexity index is 682. The molecule has 98 valence electrons. The lowest BCUT2D eigenvalue weighted by molar-refractivity contribution is 0.609. The van der Waals surface area contributed by atoms with E-state index in [2.05, 4.69) is 20.7 Å². The van der Waals surface area contributed by atoms with Crippen LogP contribution in [0.3, 0.4) is 0 Å². The zero-order valence-corrected chi connectivity index (χ0v) is 12.4. The lowest BCUT2D eigenvalue weighted by Crippen LogP contribution is -2.09. The molecule has 0 fully saturated rings. The first-order valence-electron chi connectivity index (χ1n) is 5.57. The van der Waals surface area contributed by atoms with Crippen LogP contribution in [-0.4, -0.2) is 8.42 Å². The SMILES string of the molecule is O=S(=O)(C=Cc1ccccc1)Nc1ccccc1Br. The lowest BCUT2D eigenvalue weighted by atomic mass is 10.2. The molecular weight excluding hydrogens is 326 g/mol. The van der Waals surface area contributed by atoms with Gasteiger partial charge in [-0.2, -0.15) is 0 Å². The van der Waals surface area contributed by atoms with E-state index < -0.39 is 10.0 Å². The maximum absolute atomic E-state index is 11.9. The van der Waals surface area contributed by atoms with Crippen LogP contribution in [0.25, 0.3) is 6.08 Å². The molecule has 1 N–H and O–H groups in total. The number of hydrogen-bond acceptors (Lipinski definition) is 2. The number of benzene rings is 2. The van der Waals surface area contributed by atoms with Crippen molar-refractivity contribution in [3.63, 3.8) is 0 Å². The normalized spacial score (nSPS) is 11.6. The fourth-order valence-electron chi connectivity index (χ4n) is 1.46. The quantitative estimate of drug-likeness (QED) is 0.920. The molecule has 2 rings (SSSR count). The van der Waals surface area contributed by atoms with Gasteiger partial charge in [0.05, 0.1) is 11.1 Å².